The molecule has 0 spiro atoms. The van der Waals surface area contributed by atoms with Gasteiger partial charge in [0, 0.05) is 16.1 Å². The molecule has 2 aliphatic rings. The molecule has 1 aliphatic carbocycles. The number of imide groups is 1. The average Bonchev–Trinajstić information content (AvgIpc) is 3.24. The summed E-state index contributed by atoms with van der Waals surface area (Å²) < 4.78 is 10.6. The van der Waals surface area contributed by atoms with Crippen molar-refractivity contribution >= 4 is 41.1 Å². The molecule has 1 saturated heterocycles. The van der Waals surface area contributed by atoms with Crippen molar-refractivity contribution in [2.24, 2.45) is 17.8 Å². The van der Waals surface area contributed by atoms with Crippen LogP contribution in [0, 0.1) is 17.8 Å². The topological polar surface area (TPSA) is 110 Å². The Balaban J connectivity index is 1.36. The number of hydrogen-bond acceptors (Lipinski definition) is 7. The highest BCUT2D eigenvalue weighted by atomic mass is 35.5. The normalized spacial score (nSPS) is 19.7. The highest BCUT2D eigenvalue weighted by molar-refractivity contribution is 6.30. The third kappa shape index (κ3) is 5.92. The largest absolute Gasteiger partial charge is 0.497 e. The standard InChI is InChI=1S/C32H29ClN2O7/c1-19-6-15-26-27(16-19)31(39)35(30(26)38)34(29(37)21-7-11-23(33)12-8-21)18-28(36)20-9-13-24(14-10-20)42-32(40)22-4-3-5-25(17-22)41-2/h3-5,7-14,17,19,26-27H,6,15-16,18H2,1-2H3/t19-,26+,27+/m0/s1. The van der Waals surface area contributed by atoms with E-state index in [1.54, 1.807) is 24.3 Å². The highest BCUT2D eigenvalue weighted by Crippen LogP contribution is 2.41. The Morgan fingerprint density at radius 3 is 2.21 bits per heavy atom. The van der Waals surface area contributed by atoms with Crippen molar-refractivity contribution in [1.82, 2.24) is 10.0 Å². The summed E-state index contributed by atoms with van der Waals surface area (Å²) in [5, 5.41) is 2.22. The van der Waals surface area contributed by atoms with Gasteiger partial charge in [-0.1, -0.05) is 24.6 Å². The maximum Gasteiger partial charge on any atom is 0.343 e. The number of methoxy groups -OCH3 is 1. The molecular weight excluding hydrogens is 560 g/mol. The number of nitrogens with zero attached hydrogens (tertiary/aromatic N) is 2. The Morgan fingerprint density at radius 1 is 0.857 bits per heavy atom. The molecule has 3 amide bonds. The molecule has 0 unspecified atom stereocenters. The number of fused-ring (bicyclic) bond motifs is 1. The number of hydrogen-bond donors (Lipinski definition) is 0. The Hall–Kier alpha value is -4.50. The van der Waals surface area contributed by atoms with Gasteiger partial charge >= 0.3 is 5.97 Å². The molecule has 1 aliphatic heterocycles. The molecule has 9 nitrogen and oxygen atoms in total. The summed E-state index contributed by atoms with van der Waals surface area (Å²) in [4.78, 5) is 66.5. The fourth-order valence-electron chi connectivity index (χ4n) is 5.44. The minimum absolute atomic E-state index is 0.177. The minimum atomic E-state index is -0.669. The lowest BCUT2D eigenvalue weighted by Gasteiger charge is -2.30. The molecule has 3 aromatic carbocycles. The van der Waals surface area contributed by atoms with E-state index in [2.05, 4.69) is 0 Å². The first-order valence-corrected chi connectivity index (χ1v) is 14.0. The molecule has 2 fully saturated rings. The third-order valence-corrected chi connectivity index (χ3v) is 7.97. The summed E-state index contributed by atoms with van der Waals surface area (Å²) in [6, 6.07) is 18.3. The number of ether oxygens (including phenoxy) is 2. The van der Waals surface area contributed by atoms with Gasteiger partial charge < -0.3 is 9.47 Å². The number of carbonyl (C=O) groups excluding carboxylic acids is 5. The van der Waals surface area contributed by atoms with Gasteiger partial charge in [0.05, 0.1) is 24.5 Å². The summed E-state index contributed by atoms with van der Waals surface area (Å²) in [6.07, 6.45) is 1.92. The van der Waals surface area contributed by atoms with Gasteiger partial charge in [-0.15, -0.1) is 0 Å². The van der Waals surface area contributed by atoms with Crippen molar-refractivity contribution in [3.8, 4) is 11.5 Å². The minimum Gasteiger partial charge on any atom is -0.497 e. The SMILES string of the molecule is COc1cccc(C(=O)Oc2ccc(C(=O)CN(C(=O)c3ccc(Cl)cc3)N3C(=O)[C@@H]4CC[C@H](C)C[C@H]4C3=O)cc2)c1. The molecule has 0 radical (unpaired) electrons. The number of amides is 3. The monoisotopic (exact) mass is 588 g/mol. The van der Waals surface area contributed by atoms with E-state index in [4.69, 9.17) is 21.1 Å². The second-order valence-electron chi connectivity index (χ2n) is 10.6. The predicted octanol–water partition coefficient (Wildman–Crippen LogP) is 5.23. The van der Waals surface area contributed by atoms with Crippen LogP contribution in [0.4, 0.5) is 0 Å². The number of rotatable bonds is 8. The van der Waals surface area contributed by atoms with Gasteiger partial charge in [-0.2, -0.15) is 5.01 Å². The first-order valence-electron chi connectivity index (χ1n) is 13.6. The molecule has 42 heavy (non-hydrogen) atoms. The van der Waals surface area contributed by atoms with Crippen LogP contribution >= 0.6 is 11.6 Å². The Morgan fingerprint density at radius 2 is 1.52 bits per heavy atom. The third-order valence-electron chi connectivity index (χ3n) is 7.72. The van der Waals surface area contributed by atoms with Crippen LogP contribution in [0.3, 0.4) is 0 Å². The van der Waals surface area contributed by atoms with Crippen LogP contribution in [-0.4, -0.2) is 53.1 Å². The molecule has 1 heterocycles. The van der Waals surface area contributed by atoms with Crippen LogP contribution in [0.1, 0.15) is 57.3 Å². The Kier molecular flexibility index (Phi) is 8.40. The Bertz CT molecular complexity index is 1540. The number of hydrazine groups is 1. The van der Waals surface area contributed by atoms with Crippen molar-refractivity contribution in [3.05, 3.63) is 94.5 Å². The van der Waals surface area contributed by atoms with E-state index in [0.717, 1.165) is 16.4 Å². The van der Waals surface area contributed by atoms with Crippen molar-refractivity contribution in [2.45, 2.75) is 26.2 Å². The van der Waals surface area contributed by atoms with Crippen LogP contribution in [0.25, 0.3) is 0 Å². The van der Waals surface area contributed by atoms with E-state index in [9.17, 15) is 24.0 Å². The number of Topliss-reactive ketones (excluding diaryl/α,β-unsaturated/α-hetero) is 1. The lowest BCUT2D eigenvalue weighted by Crippen LogP contribution is -2.52. The maximum absolute atomic E-state index is 13.6. The lowest BCUT2D eigenvalue weighted by atomic mass is 9.76. The van der Waals surface area contributed by atoms with Crippen LogP contribution in [0.5, 0.6) is 11.5 Å². The van der Waals surface area contributed by atoms with Crippen LogP contribution < -0.4 is 9.47 Å². The summed E-state index contributed by atoms with van der Waals surface area (Å²) in [7, 11) is 1.49. The highest BCUT2D eigenvalue weighted by Gasteiger charge is 2.52. The zero-order chi connectivity index (χ0) is 30.0. The summed E-state index contributed by atoms with van der Waals surface area (Å²) in [5.41, 5.74) is 0.673. The van der Waals surface area contributed by atoms with Gasteiger partial charge in [0.1, 0.15) is 18.0 Å². The van der Waals surface area contributed by atoms with E-state index >= 15 is 0 Å². The van der Waals surface area contributed by atoms with Gasteiger partial charge in [-0.3, -0.25) is 19.2 Å². The quantitative estimate of drug-likeness (QED) is 0.153. The zero-order valence-electron chi connectivity index (χ0n) is 23.1. The summed E-state index contributed by atoms with van der Waals surface area (Å²) in [6.45, 7) is 1.49. The molecule has 5 rings (SSSR count). The number of benzene rings is 3. The molecule has 216 valence electrons. The van der Waals surface area contributed by atoms with E-state index in [-0.39, 0.29) is 22.8 Å². The summed E-state index contributed by atoms with van der Waals surface area (Å²) >= 11 is 5.99. The maximum atomic E-state index is 13.6. The van der Waals surface area contributed by atoms with Gasteiger partial charge in [-0.25, -0.2) is 9.80 Å². The van der Waals surface area contributed by atoms with E-state index in [0.29, 0.717) is 29.2 Å². The van der Waals surface area contributed by atoms with Crippen molar-refractivity contribution < 1.29 is 33.4 Å². The number of carbonyl (C=O) groups is 5. The smallest absolute Gasteiger partial charge is 0.343 e. The van der Waals surface area contributed by atoms with Crippen LogP contribution in [-0.2, 0) is 9.59 Å². The number of ketones is 1. The van der Waals surface area contributed by atoms with Gasteiger partial charge in [-0.05, 0) is 91.9 Å². The number of halogens is 1. The zero-order valence-corrected chi connectivity index (χ0v) is 23.9. The van der Waals surface area contributed by atoms with Crippen LogP contribution in [0.2, 0.25) is 5.02 Å². The molecule has 1 saturated carbocycles. The fourth-order valence-corrected chi connectivity index (χ4v) is 5.56. The van der Waals surface area contributed by atoms with Gasteiger partial charge in [0.25, 0.3) is 17.7 Å². The molecule has 10 heteroatoms. The fraction of sp³-hybridized carbons (Fsp3) is 0.281. The first-order chi connectivity index (χ1) is 20.2. The first kappa shape index (κ1) is 29.0. The number of esters is 1. The van der Waals surface area contributed by atoms with Crippen molar-refractivity contribution in [2.75, 3.05) is 13.7 Å². The molecule has 0 bridgehead atoms. The van der Waals surface area contributed by atoms with E-state index < -0.39 is 47.9 Å². The molecule has 0 aromatic heterocycles. The second kappa shape index (κ2) is 12.2. The average molecular weight is 589 g/mol. The van der Waals surface area contributed by atoms with Crippen molar-refractivity contribution in [3.63, 3.8) is 0 Å². The van der Waals surface area contributed by atoms with E-state index in [1.807, 2.05) is 6.92 Å². The van der Waals surface area contributed by atoms with Gasteiger partial charge in [0.2, 0.25) is 0 Å². The molecular formula is C32H29ClN2O7. The van der Waals surface area contributed by atoms with E-state index in [1.165, 1.54) is 55.6 Å². The van der Waals surface area contributed by atoms with Gasteiger partial charge in [0.15, 0.2) is 5.78 Å². The van der Waals surface area contributed by atoms with Crippen LogP contribution in [0.15, 0.2) is 72.8 Å². The predicted molar refractivity (Wildman–Crippen MR) is 153 cm³/mol. The lowest BCUT2D eigenvalue weighted by molar-refractivity contribution is -0.154. The molecule has 3 atom stereocenters. The van der Waals surface area contributed by atoms with Crippen molar-refractivity contribution in [1.29, 1.82) is 0 Å². The molecule has 3 aromatic rings. The summed E-state index contributed by atoms with van der Waals surface area (Å²) in [5.74, 6) is -2.75. The second-order valence-corrected chi connectivity index (χ2v) is 11.0. The Labute approximate surface area is 247 Å². The molecule has 0 N–H and O–H groups in total.